The first-order chi connectivity index (χ1) is 7.06. The maximum atomic E-state index is 13.4. The van der Waals surface area contributed by atoms with Crippen LogP contribution < -0.4 is 34.5 Å². The first-order valence-corrected chi connectivity index (χ1v) is 5.21. The molecule has 0 aliphatic carbocycles. The second-order valence-electron chi connectivity index (χ2n) is 3.61. The van der Waals surface area contributed by atoms with Crippen LogP contribution >= 0.6 is 11.6 Å². The topological polar surface area (TPSA) is 36.4 Å². The Morgan fingerprint density at radius 1 is 1.62 bits per heavy atom. The summed E-state index contributed by atoms with van der Waals surface area (Å²) in [4.78, 5) is 6.20. The fraction of sp³-hybridized carbons (Fsp3) is 0.444. The SMILES string of the molecule is OCC1(F)CN(c2nccc([S-])c2Cl)C1.[Na+]. The normalized spacial score (nSPS) is 17.6. The minimum atomic E-state index is -1.53. The van der Waals surface area contributed by atoms with E-state index < -0.39 is 12.3 Å². The van der Waals surface area contributed by atoms with Crippen molar-refractivity contribution in [2.45, 2.75) is 10.6 Å². The van der Waals surface area contributed by atoms with E-state index in [4.69, 9.17) is 29.3 Å². The first kappa shape index (κ1) is 14.4. The molecule has 1 aliphatic heterocycles. The molecule has 1 N–H and O–H groups in total. The number of aliphatic hydroxyl groups is 1. The maximum absolute atomic E-state index is 13.4. The molecule has 82 valence electrons. The van der Waals surface area contributed by atoms with E-state index in [0.29, 0.717) is 15.7 Å². The molecule has 2 heterocycles. The molecule has 1 aromatic rings. The molecule has 7 heteroatoms. The van der Waals surface area contributed by atoms with E-state index in [1.165, 1.54) is 0 Å². The molecule has 0 unspecified atom stereocenters. The van der Waals surface area contributed by atoms with Gasteiger partial charge < -0.3 is 22.6 Å². The maximum Gasteiger partial charge on any atom is 1.00 e. The number of halogens is 2. The Bertz CT molecular complexity index is 390. The van der Waals surface area contributed by atoms with Crippen molar-refractivity contribution >= 4 is 30.0 Å². The Morgan fingerprint density at radius 2 is 2.25 bits per heavy atom. The van der Waals surface area contributed by atoms with Crippen molar-refractivity contribution in [3.8, 4) is 0 Å². The van der Waals surface area contributed by atoms with Crippen LogP contribution in [0.1, 0.15) is 0 Å². The van der Waals surface area contributed by atoms with Crippen LogP contribution in [0.5, 0.6) is 0 Å². The summed E-state index contributed by atoms with van der Waals surface area (Å²) in [7, 11) is 0. The Labute approximate surface area is 126 Å². The molecule has 0 bridgehead atoms. The summed E-state index contributed by atoms with van der Waals surface area (Å²) in [6.45, 7) is -0.265. The van der Waals surface area contributed by atoms with E-state index in [-0.39, 0.29) is 42.6 Å². The summed E-state index contributed by atoms with van der Waals surface area (Å²) in [5, 5.41) is 9.13. The van der Waals surface area contributed by atoms with Gasteiger partial charge in [0.2, 0.25) is 0 Å². The number of pyridine rings is 1. The van der Waals surface area contributed by atoms with E-state index in [1.807, 2.05) is 0 Å². The quantitative estimate of drug-likeness (QED) is 0.507. The first-order valence-electron chi connectivity index (χ1n) is 4.42. The summed E-state index contributed by atoms with van der Waals surface area (Å²) in [6, 6.07) is 1.62. The van der Waals surface area contributed by atoms with Gasteiger partial charge in [0.15, 0.2) is 5.67 Å². The van der Waals surface area contributed by atoms with Gasteiger partial charge >= 0.3 is 29.6 Å². The fourth-order valence-electron chi connectivity index (χ4n) is 1.52. The van der Waals surface area contributed by atoms with Crippen LogP contribution in [0.2, 0.25) is 5.02 Å². The number of hydrogen-bond acceptors (Lipinski definition) is 4. The fourth-order valence-corrected chi connectivity index (χ4v) is 1.91. The molecule has 0 amide bonds. The molecule has 1 saturated heterocycles. The Balaban J connectivity index is 0.00000128. The average Bonchev–Trinajstić information content (AvgIpc) is 2.18. The van der Waals surface area contributed by atoms with Crippen molar-refractivity contribution in [3.05, 3.63) is 17.3 Å². The van der Waals surface area contributed by atoms with Crippen molar-refractivity contribution in [3.63, 3.8) is 0 Å². The summed E-state index contributed by atoms with van der Waals surface area (Å²) in [6.07, 6.45) is 1.54. The van der Waals surface area contributed by atoms with E-state index in [0.717, 1.165) is 0 Å². The minimum Gasteiger partial charge on any atom is -0.778 e. The van der Waals surface area contributed by atoms with Crippen LogP contribution in [0.3, 0.4) is 0 Å². The average molecular weight is 271 g/mol. The predicted molar refractivity (Wildman–Crippen MR) is 58.0 cm³/mol. The summed E-state index contributed by atoms with van der Waals surface area (Å²) < 4.78 is 13.4. The number of anilines is 1. The zero-order chi connectivity index (χ0) is 11.1. The van der Waals surface area contributed by atoms with Crippen LogP contribution in [-0.2, 0) is 12.6 Å². The van der Waals surface area contributed by atoms with Gasteiger partial charge in [0.05, 0.1) is 24.7 Å². The Kier molecular flexibility index (Phi) is 4.80. The number of hydrogen-bond donors (Lipinski definition) is 1. The van der Waals surface area contributed by atoms with Crippen molar-refractivity contribution < 1.29 is 39.1 Å². The number of rotatable bonds is 2. The van der Waals surface area contributed by atoms with E-state index in [9.17, 15) is 4.39 Å². The molecule has 1 aromatic heterocycles. The van der Waals surface area contributed by atoms with Crippen molar-refractivity contribution in [2.24, 2.45) is 0 Å². The van der Waals surface area contributed by atoms with Gasteiger partial charge in [0.25, 0.3) is 0 Å². The molecular formula is C9H9ClFN2NaOS. The van der Waals surface area contributed by atoms with Crippen LogP contribution in [0, 0.1) is 0 Å². The minimum absolute atomic E-state index is 0. The van der Waals surface area contributed by atoms with Crippen LogP contribution in [0.25, 0.3) is 0 Å². The Morgan fingerprint density at radius 3 is 2.81 bits per heavy atom. The van der Waals surface area contributed by atoms with Gasteiger partial charge in [0.1, 0.15) is 5.82 Å². The van der Waals surface area contributed by atoms with Crippen molar-refractivity contribution in [1.82, 2.24) is 4.98 Å². The Hall–Kier alpha value is 0.350. The number of nitrogens with zero attached hydrogens (tertiary/aromatic N) is 2. The summed E-state index contributed by atoms with van der Waals surface area (Å²) in [5.74, 6) is 0.492. The molecule has 0 spiro atoms. The van der Waals surface area contributed by atoms with E-state index in [2.05, 4.69) is 4.98 Å². The molecule has 0 radical (unpaired) electrons. The van der Waals surface area contributed by atoms with Gasteiger partial charge in [-0.3, -0.25) is 0 Å². The van der Waals surface area contributed by atoms with Gasteiger partial charge in [-0.05, 0) is 0 Å². The van der Waals surface area contributed by atoms with Gasteiger partial charge in [0, 0.05) is 6.20 Å². The zero-order valence-electron chi connectivity index (χ0n) is 8.78. The zero-order valence-corrected chi connectivity index (χ0v) is 12.4. The third-order valence-electron chi connectivity index (χ3n) is 2.37. The number of alkyl halides is 1. The third kappa shape index (κ3) is 2.60. The van der Waals surface area contributed by atoms with Crippen LogP contribution in [0.15, 0.2) is 17.2 Å². The second-order valence-corrected chi connectivity index (χ2v) is 4.43. The monoisotopic (exact) mass is 270 g/mol. The molecule has 0 atom stereocenters. The number of aliphatic hydroxyl groups excluding tert-OH is 1. The summed E-state index contributed by atoms with van der Waals surface area (Å²) in [5.41, 5.74) is -1.53. The molecule has 0 aromatic carbocycles. The van der Waals surface area contributed by atoms with Crippen molar-refractivity contribution in [2.75, 3.05) is 24.6 Å². The third-order valence-corrected chi connectivity index (χ3v) is 3.19. The molecule has 1 aliphatic rings. The van der Waals surface area contributed by atoms with E-state index in [1.54, 1.807) is 17.2 Å². The molecule has 2 rings (SSSR count). The molecule has 1 fully saturated rings. The molecule has 3 nitrogen and oxygen atoms in total. The van der Waals surface area contributed by atoms with Crippen LogP contribution in [0.4, 0.5) is 10.2 Å². The molecular weight excluding hydrogens is 262 g/mol. The van der Waals surface area contributed by atoms with Gasteiger partial charge in [-0.1, -0.05) is 17.7 Å². The number of aromatic nitrogens is 1. The second kappa shape index (κ2) is 5.33. The van der Waals surface area contributed by atoms with Gasteiger partial charge in [-0.25, -0.2) is 9.37 Å². The van der Waals surface area contributed by atoms with Crippen molar-refractivity contribution in [1.29, 1.82) is 0 Å². The molecule has 0 saturated carbocycles. The predicted octanol–water partition coefficient (Wildman–Crippen LogP) is -1.83. The largest absolute Gasteiger partial charge is 1.00 e. The standard InChI is InChI=1S/C9H10ClFN2OS.Na/c10-7-6(15)1-2-12-8(7)13-3-9(11,4-13)5-14;/h1-2,14H,3-5H2,(H,12,15);/q;+1/p-1. The van der Waals surface area contributed by atoms with Gasteiger partial charge in [-0.15, -0.1) is 0 Å². The van der Waals surface area contributed by atoms with E-state index >= 15 is 0 Å². The summed E-state index contributed by atoms with van der Waals surface area (Å²) >= 11 is 10.9. The van der Waals surface area contributed by atoms with Gasteiger partial charge in [-0.2, -0.15) is 4.90 Å². The molecule has 16 heavy (non-hydrogen) atoms. The van der Waals surface area contributed by atoms with Crippen LogP contribution in [-0.4, -0.2) is 35.5 Å². The smallest absolute Gasteiger partial charge is 0.778 e.